The quantitative estimate of drug-likeness (QED) is 0.507. The van der Waals surface area contributed by atoms with Crippen molar-refractivity contribution in [2.24, 2.45) is 0 Å². The third-order valence-corrected chi connectivity index (χ3v) is 5.07. The number of hydrogen-bond donors (Lipinski definition) is 2. The highest BCUT2D eigenvalue weighted by molar-refractivity contribution is 8.00. The minimum Gasteiger partial charge on any atom is -0.406 e. The van der Waals surface area contributed by atoms with Gasteiger partial charge >= 0.3 is 6.36 Å². The summed E-state index contributed by atoms with van der Waals surface area (Å²) in [7, 11) is 0. The van der Waals surface area contributed by atoms with Crippen molar-refractivity contribution in [3.63, 3.8) is 0 Å². The molecule has 0 radical (unpaired) electrons. The highest BCUT2D eigenvalue weighted by Crippen LogP contribution is 2.26. The van der Waals surface area contributed by atoms with Gasteiger partial charge in [0.05, 0.1) is 5.25 Å². The topological polar surface area (TPSA) is 79.9 Å². The van der Waals surface area contributed by atoms with Gasteiger partial charge in [0.25, 0.3) is 0 Å². The summed E-state index contributed by atoms with van der Waals surface area (Å²) >= 11 is 1.17. The molecule has 6 nitrogen and oxygen atoms in total. The number of amides is 1. The highest BCUT2D eigenvalue weighted by atomic mass is 32.2. The van der Waals surface area contributed by atoms with Crippen LogP contribution in [0, 0.1) is 0 Å². The number of aromatic amines is 1. The number of hydrogen-bond acceptors (Lipinski definition) is 5. The SMILES string of the molecule is CCc1ccc(-c2nc(SC(C)C(=O)Nc3ccc(OC(F)(F)F)cc3)n[nH]2)cc1. The van der Waals surface area contributed by atoms with E-state index in [0.29, 0.717) is 16.7 Å². The van der Waals surface area contributed by atoms with Crippen molar-refractivity contribution in [3.05, 3.63) is 54.1 Å². The number of ether oxygens (including phenoxy) is 1. The standard InChI is InChI=1S/C20H19F3N4O2S/c1-3-13-4-6-14(7-5-13)17-25-19(27-26-17)30-12(2)18(28)24-15-8-10-16(11-9-15)29-20(21,22)23/h4-12H,3H2,1-2H3,(H,24,28)(H,25,26,27). The first-order valence-corrected chi connectivity index (χ1v) is 9.96. The van der Waals surface area contributed by atoms with Crippen LogP contribution in [0.4, 0.5) is 18.9 Å². The molecule has 10 heteroatoms. The molecule has 1 atom stereocenters. The zero-order chi connectivity index (χ0) is 21.7. The van der Waals surface area contributed by atoms with E-state index in [9.17, 15) is 18.0 Å². The van der Waals surface area contributed by atoms with Gasteiger partial charge in [-0.3, -0.25) is 9.89 Å². The van der Waals surface area contributed by atoms with Gasteiger partial charge in [0, 0.05) is 11.3 Å². The fourth-order valence-corrected chi connectivity index (χ4v) is 3.25. The molecule has 1 unspecified atom stereocenters. The Morgan fingerprint density at radius 1 is 1.17 bits per heavy atom. The molecule has 0 saturated carbocycles. The van der Waals surface area contributed by atoms with E-state index in [1.807, 2.05) is 24.3 Å². The van der Waals surface area contributed by atoms with Gasteiger partial charge in [-0.15, -0.1) is 18.3 Å². The van der Waals surface area contributed by atoms with Gasteiger partial charge in [-0.2, -0.15) is 0 Å². The van der Waals surface area contributed by atoms with E-state index < -0.39 is 11.6 Å². The lowest BCUT2D eigenvalue weighted by Crippen LogP contribution is -2.22. The van der Waals surface area contributed by atoms with Crippen LogP contribution in [-0.2, 0) is 11.2 Å². The number of carbonyl (C=O) groups excluding carboxylic acids is 1. The molecule has 30 heavy (non-hydrogen) atoms. The van der Waals surface area contributed by atoms with Gasteiger partial charge in [-0.25, -0.2) is 4.98 Å². The highest BCUT2D eigenvalue weighted by Gasteiger charge is 2.31. The van der Waals surface area contributed by atoms with Gasteiger partial charge < -0.3 is 10.1 Å². The van der Waals surface area contributed by atoms with Crippen LogP contribution in [0.5, 0.6) is 5.75 Å². The second-order valence-corrected chi connectivity index (χ2v) is 7.65. The van der Waals surface area contributed by atoms with E-state index in [0.717, 1.165) is 24.1 Å². The van der Waals surface area contributed by atoms with Crippen LogP contribution in [0.25, 0.3) is 11.4 Å². The Morgan fingerprint density at radius 3 is 2.43 bits per heavy atom. The Bertz CT molecular complexity index is 989. The van der Waals surface area contributed by atoms with Gasteiger partial charge in [0.15, 0.2) is 5.82 Å². The number of thioether (sulfide) groups is 1. The summed E-state index contributed by atoms with van der Waals surface area (Å²) in [5, 5.41) is 9.53. The van der Waals surface area contributed by atoms with Crippen LogP contribution in [0.15, 0.2) is 53.7 Å². The molecule has 0 aliphatic carbocycles. The number of benzene rings is 2. The molecular weight excluding hydrogens is 417 g/mol. The van der Waals surface area contributed by atoms with Crippen LogP contribution < -0.4 is 10.1 Å². The van der Waals surface area contributed by atoms with Crippen LogP contribution >= 0.6 is 11.8 Å². The molecule has 0 spiro atoms. The zero-order valence-electron chi connectivity index (χ0n) is 16.2. The Morgan fingerprint density at radius 2 is 1.83 bits per heavy atom. The fourth-order valence-electron chi connectivity index (χ4n) is 2.52. The number of aryl methyl sites for hydroxylation is 1. The van der Waals surface area contributed by atoms with Crippen LogP contribution in [0.1, 0.15) is 19.4 Å². The molecule has 0 saturated heterocycles. The molecule has 3 rings (SSSR count). The van der Waals surface area contributed by atoms with Crippen molar-refractivity contribution >= 4 is 23.4 Å². The summed E-state index contributed by atoms with van der Waals surface area (Å²) < 4.78 is 40.4. The minimum atomic E-state index is -4.76. The number of nitrogens with zero attached hydrogens (tertiary/aromatic N) is 2. The summed E-state index contributed by atoms with van der Waals surface area (Å²) in [6.45, 7) is 3.77. The van der Waals surface area contributed by atoms with Gasteiger partial charge in [-0.05, 0) is 43.2 Å². The van der Waals surface area contributed by atoms with Crippen LogP contribution in [0.2, 0.25) is 0 Å². The first-order chi connectivity index (χ1) is 14.2. The predicted octanol–water partition coefficient (Wildman–Crippen LogP) is 5.05. The Kier molecular flexibility index (Phi) is 6.66. The number of halogens is 3. The lowest BCUT2D eigenvalue weighted by Gasteiger charge is -2.12. The third kappa shape index (κ3) is 5.99. The van der Waals surface area contributed by atoms with Gasteiger partial charge in [0.1, 0.15) is 5.75 Å². The molecule has 0 bridgehead atoms. The molecule has 0 aliphatic heterocycles. The van der Waals surface area contributed by atoms with Gasteiger partial charge in [0.2, 0.25) is 11.1 Å². The number of nitrogens with one attached hydrogen (secondary N) is 2. The first-order valence-electron chi connectivity index (χ1n) is 9.08. The second-order valence-electron chi connectivity index (χ2n) is 6.34. The smallest absolute Gasteiger partial charge is 0.406 e. The maximum absolute atomic E-state index is 12.4. The molecule has 0 aliphatic rings. The summed E-state index contributed by atoms with van der Waals surface area (Å²) in [4.78, 5) is 16.8. The van der Waals surface area contributed by atoms with Crippen molar-refractivity contribution < 1.29 is 22.7 Å². The van der Waals surface area contributed by atoms with E-state index >= 15 is 0 Å². The van der Waals surface area contributed by atoms with Crippen molar-refractivity contribution in [1.82, 2.24) is 15.2 Å². The Hall–Kier alpha value is -3.01. The average molecular weight is 436 g/mol. The van der Waals surface area contributed by atoms with Gasteiger partial charge in [-0.1, -0.05) is 43.0 Å². The van der Waals surface area contributed by atoms with Crippen LogP contribution in [0.3, 0.4) is 0 Å². The number of rotatable bonds is 7. The summed E-state index contributed by atoms with van der Waals surface area (Å²) in [5.74, 6) is -0.0840. The Labute approximate surface area is 175 Å². The number of alkyl halides is 3. The third-order valence-electron chi connectivity index (χ3n) is 4.11. The van der Waals surface area contributed by atoms with E-state index in [2.05, 4.69) is 32.2 Å². The minimum absolute atomic E-state index is 0.330. The second kappa shape index (κ2) is 9.21. The number of anilines is 1. The first kappa shape index (κ1) is 21.7. The summed E-state index contributed by atoms with van der Waals surface area (Å²) in [6.07, 6.45) is -3.81. The number of carbonyl (C=O) groups is 1. The molecule has 1 aromatic heterocycles. The predicted molar refractivity (Wildman–Crippen MR) is 108 cm³/mol. The molecular formula is C20H19F3N4O2S. The number of aromatic nitrogens is 3. The maximum Gasteiger partial charge on any atom is 0.573 e. The maximum atomic E-state index is 12.4. The van der Waals surface area contributed by atoms with E-state index in [-0.39, 0.29) is 11.7 Å². The van der Waals surface area contributed by atoms with E-state index in [4.69, 9.17) is 0 Å². The van der Waals surface area contributed by atoms with Crippen molar-refractivity contribution in [2.45, 2.75) is 37.0 Å². The average Bonchev–Trinajstić information content (AvgIpc) is 3.17. The van der Waals surface area contributed by atoms with E-state index in [1.54, 1.807) is 6.92 Å². The molecule has 2 N–H and O–H groups in total. The molecule has 3 aromatic rings. The number of H-pyrrole nitrogens is 1. The largest absolute Gasteiger partial charge is 0.573 e. The van der Waals surface area contributed by atoms with Crippen LogP contribution in [-0.4, -0.2) is 32.7 Å². The zero-order valence-corrected chi connectivity index (χ0v) is 17.0. The normalized spacial score (nSPS) is 12.4. The lowest BCUT2D eigenvalue weighted by atomic mass is 10.1. The van der Waals surface area contributed by atoms with Crippen molar-refractivity contribution in [1.29, 1.82) is 0 Å². The summed E-state index contributed by atoms with van der Waals surface area (Å²) in [6, 6.07) is 12.9. The monoisotopic (exact) mass is 436 g/mol. The molecule has 0 fully saturated rings. The van der Waals surface area contributed by atoms with E-state index in [1.165, 1.54) is 29.5 Å². The Balaban J connectivity index is 1.57. The molecule has 1 amide bonds. The fraction of sp³-hybridized carbons (Fsp3) is 0.250. The molecule has 158 valence electrons. The van der Waals surface area contributed by atoms with Crippen molar-refractivity contribution in [3.8, 4) is 17.1 Å². The van der Waals surface area contributed by atoms with Crippen molar-refractivity contribution in [2.75, 3.05) is 5.32 Å². The summed E-state index contributed by atoms with van der Waals surface area (Å²) in [5.41, 5.74) is 2.47. The lowest BCUT2D eigenvalue weighted by molar-refractivity contribution is -0.274. The molecule has 2 aromatic carbocycles. The molecule has 1 heterocycles.